The highest BCUT2D eigenvalue weighted by Crippen LogP contribution is 2.34. The van der Waals surface area contributed by atoms with Crippen LogP contribution in [-0.2, 0) is 0 Å². The molecule has 40 heavy (non-hydrogen) atoms. The Bertz CT molecular complexity index is 1460. The van der Waals surface area contributed by atoms with Gasteiger partial charge in [-0.1, -0.05) is 12.8 Å². The highest BCUT2D eigenvalue weighted by molar-refractivity contribution is 6.08. The van der Waals surface area contributed by atoms with Crippen molar-refractivity contribution in [2.24, 2.45) is 0 Å². The zero-order valence-corrected chi connectivity index (χ0v) is 22.6. The maximum Gasteiger partial charge on any atom is 0.263 e. The van der Waals surface area contributed by atoms with Crippen molar-refractivity contribution in [3.63, 3.8) is 0 Å². The van der Waals surface area contributed by atoms with Gasteiger partial charge >= 0.3 is 0 Å². The summed E-state index contributed by atoms with van der Waals surface area (Å²) in [5, 5.41) is 9.12. The molecule has 1 amide bonds. The van der Waals surface area contributed by atoms with E-state index >= 15 is 4.39 Å². The van der Waals surface area contributed by atoms with Gasteiger partial charge in [-0.25, -0.2) is 9.37 Å². The Balaban J connectivity index is 1.16. The summed E-state index contributed by atoms with van der Waals surface area (Å²) in [6.07, 6.45) is 8.20. The van der Waals surface area contributed by atoms with Crippen molar-refractivity contribution in [3.05, 3.63) is 64.0 Å². The van der Waals surface area contributed by atoms with Gasteiger partial charge in [0.25, 0.3) is 11.5 Å². The van der Waals surface area contributed by atoms with E-state index in [0.717, 1.165) is 37.4 Å². The number of carbonyl (C=O) groups is 1. The third kappa shape index (κ3) is 5.21. The minimum absolute atomic E-state index is 0.114. The molecule has 3 aromatic rings. The van der Waals surface area contributed by atoms with Crippen LogP contribution in [0.5, 0.6) is 5.88 Å². The Morgan fingerprint density at radius 1 is 1.12 bits per heavy atom. The number of amides is 1. The molecule has 11 heteroatoms. The molecule has 0 unspecified atom stereocenters. The van der Waals surface area contributed by atoms with E-state index in [0.29, 0.717) is 42.1 Å². The molecule has 10 nitrogen and oxygen atoms in total. The first-order valence-corrected chi connectivity index (χ1v) is 13.9. The predicted octanol–water partition coefficient (Wildman–Crippen LogP) is 4.08. The van der Waals surface area contributed by atoms with E-state index in [-0.39, 0.29) is 11.3 Å². The molecule has 0 radical (unpaired) electrons. The molecule has 1 saturated heterocycles. The molecule has 0 spiro atoms. The van der Waals surface area contributed by atoms with E-state index in [1.807, 2.05) is 6.92 Å². The van der Waals surface area contributed by atoms with Crippen LogP contribution in [0.4, 0.5) is 32.8 Å². The lowest BCUT2D eigenvalue weighted by atomic mass is 10.1. The summed E-state index contributed by atoms with van der Waals surface area (Å²) in [4.78, 5) is 37.5. The van der Waals surface area contributed by atoms with Crippen LogP contribution in [0.2, 0.25) is 0 Å². The lowest BCUT2D eigenvalue weighted by Gasteiger charge is -2.39. The number of carbonyl (C=O) groups excluding carboxylic acids is 1. The number of benzene rings is 1. The number of piperazine rings is 1. The first-order valence-electron chi connectivity index (χ1n) is 13.9. The van der Waals surface area contributed by atoms with Crippen molar-refractivity contribution >= 4 is 34.3 Å². The quantitative estimate of drug-likeness (QED) is 0.365. The van der Waals surface area contributed by atoms with Crippen LogP contribution < -0.4 is 31.1 Å². The normalized spacial score (nSPS) is 17.6. The van der Waals surface area contributed by atoms with Crippen molar-refractivity contribution in [1.29, 1.82) is 0 Å². The Kier molecular flexibility index (Phi) is 7.29. The predicted molar refractivity (Wildman–Crippen MR) is 154 cm³/mol. The molecular formula is C29H34FN7O3. The molecule has 2 aliphatic heterocycles. The number of aromatic nitrogens is 2. The van der Waals surface area contributed by atoms with E-state index in [1.165, 1.54) is 37.9 Å². The summed E-state index contributed by atoms with van der Waals surface area (Å²) in [5.41, 5.74) is 2.66. The number of aromatic amines is 1. The van der Waals surface area contributed by atoms with Gasteiger partial charge in [0.2, 0.25) is 5.88 Å². The second kappa shape index (κ2) is 11.2. The highest BCUT2D eigenvalue weighted by Gasteiger charge is 2.27. The first-order chi connectivity index (χ1) is 19.5. The number of H-pyrrole nitrogens is 1. The van der Waals surface area contributed by atoms with Crippen LogP contribution in [0.15, 0.2) is 41.5 Å². The van der Waals surface area contributed by atoms with Crippen molar-refractivity contribution in [1.82, 2.24) is 14.9 Å². The number of anilines is 5. The number of hydrogen-bond donors (Lipinski definition) is 4. The molecule has 0 bridgehead atoms. The second-order valence-electron chi connectivity index (χ2n) is 10.6. The summed E-state index contributed by atoms with van der Waals surface area (Å²) in [6, 6.07) is 6.95. The Morgan fingerprint density at radius 2 is 1.93 bits per heavy atom. The number of pyridine rings is 2. The lowest BCUT2D eigenvalue weighted by molar-refractivity contribution is 0.102. The average Bonchev–Trinajstić information content (AvgIpc) is 3.50. The molecule has 210 valence electrons. The molecule has 1 saturated carbocycles. The fraction of sp³-hybridized carbons (Fsp3) is 0.414. The van der Waals surface area contributed by atoms with Crippen molar-refractivity contribution < 1.29 is 13.9 Å². The summed E-state index contributed by atoms with van der Waals surface area (Å²) in [6.45, 7) is 6.48. The molecule has 1 aromatic carbocycles. The van der Waals surface area contributed by atoms with Crippen molar-refractivity contribution in [2.45, 2.75) is 38.6 Å². The zero-order valence-electron chi connectivity index (χ0n) is 22.6. The maximum atomic E-state index is 15.2. The molecule has 6 rings (SSSR count). The van der Waals surface area contributed by atoms with Crippen LogP contribution in [-0.4, -0.2) is 66.1 Å². The number of halogens is 1. The van der Waals surface area contributed by atoms with Crippen LogP contribution in [0.1, 0.15) is 41.6 Å². The van der Waals surface area contributed by atoms with Gasteiger partial charge in [0.15, 0.2) is 0 Å². The summed E-state index contributed by atoms with van der Waals surface area (Å²) < 4.78 is 20.8. The number of nitrogens with zero attached hydrogens (tertiary/aromatic N) is 3. The van der Waals surface area contributed by atoms with Gasteiger partial charge in [0.05, 0.1) is 23.3 Å². The first kappa shape index (κ1) is 26.1. The molecule has 2 fully saturated rings. The van der Waals surface area contributed by atoms with Gasteiger partial charge in [0, 0.05) is 56.2 Å². The van der Waals surface area contributed by atoms with Gasteiger partial charge in [0.1, 0.15) is 23.7 Å². The smallest absolute Gasteiger partial charge is 0.263 e. The van der Waals surface area contributed by atoms with E-state index in [2.05, 4.69) is 35.7 Å². The van der Waals surface area contributed by atoms with Gasteiger partial charge in [-0.05, 0) is 44.0 Å². The van der Waals surface area contributed by atoms with Crippen LogP contribution in [0.3, 0.4) is 0 Å². The fourth-order valence-electron chi connectivity index (χ4n) is 5.93. The lowest BCUT2D eigenvalue weighted by Crippen LogP contribution is -2.50. The third-order valence-corrected chi connectivity index (χ3v) is 8.11. The topological polar surface area (TPSA) is 115 Å². The Hall–Kier alpha value is -4.12. The SMILES string of the molecule is Cc1c(Nc2cc[nH]c(=O)c2C(=O)Nc2ccc(N3CCN(C4CCCC4)CC3)c(F)c2)cnc2c1NCCO2. The van der Waals surface area contributed by atoms with E-state index < -0.39 is 17.3 Å². The van der Waals surface area contributed by atoms with Crippen molar-refractivity contribution in [2.75, 3.05) is 60.2 Å². The fourth-order valence-corrected chi connectivity index (χ4v) is 5.93. The molecule has 1 aliphatic carbocycles. The largest absolute Gasteiger partial charge is 0.474 e. The molecular weight excluding hydrogens is 513 g/mol. The van der Waals surface area contributed by atoms with Crippen LogP contribution in [0.25, 0.3) is 0 Å². The number of rotatable bonds is 6. The number of hydrogen-bond acceptors (Lipinski definition) is 8. The van der Waals surface area contributed by atoms with E-state index in [4.69, 9.17) is 4.74 Å². The van der Waals surface area contributed by atoms with Gasteiger partial charge in [-0.2, -0.15) is 0 Å². The van der Waals surface area contributed by atoms with E-state index in [1.54, 1.807) is 24.4 Å². The Labute approximate surface area is 231 Å². The number of nitrogens with one attached hydrogen (secondary N) is 4. The number of fused-ring (bicyclic) bond motifs is 1. The monoisotopic (exact) mass is 547 g/mol. The molecule has 4 heterocycles. The molecule has 2 aromatic heterocycles. The van der Waals surface area contributed by atoms with Crippen molar-refractivity contribution in [3.8, 4) is 5.88 Å². The minimum atomic E-state index is -0.647. The maximum absolute atomic E-state index is 15.2. The molecule has 3 aliphatic rings. The van der Waals surface area contributed by atoms with Gasteiger partial charge < -0.3 is 30.6 Å². The summed E-state index contributed by atoms with van der Waals surface area (Å²) in [7, 11) is 0. The van der Waals surface area contributed by atoms with Gasteiger partial charge in [-0.15, -0.1) is 0 Å². The summed E-state index contributed by atoms with van der Waals surface area (Å²) >= 11 is 0. The third-order valence-electron chi connectivity index (χ3n) is 8.11. The average molecular weight is 548 g/mol. The highest BCUT2D eigenvalue weighted by atomic mass is 19.1. The van der Waals surface area contributed by atoms with E-state index in [9.17, 15) is 9.59 Å². The molecule has 0 atom stereocenters. The number of ether oxygens (including phenoxy) is 1. The second-order valence-corrected chi connectivity index (χ2v) is 10.6. The summed E-state index contributed by atoms with van der Waals surface area (Å²) in [5.74, 6) is -0.538. The van der Waals surface area contributed by atoms with Crippen LogP contribution in [0, 0.1) is 12.7 Å². The molecule has 4 N–H and O–H groups in total. The standard InChI is InChI=1S/C29H34FN7O3/c1-18-23(17-33-29-26(18)31-10-15-40-29)35-22-8-9-32-27(38)25(22)28(39)34-19-6-7-24(21(30)16-19)37-13-11-36(12-14-37)20-4-2-3-5-20/h6-9,16-17,20,31H,2-5,10-15H2,1H3,(H,34,39)(H2,32,35,38). The zero-order chi connectivity index (χ0) is 27.6. The Morgan fingerprint density at radius 3 is 2.70 bits per heavy atom. The minimum Gasteiger partial charge on any atom is -0.474 e. The van der Waals surface area contributed by atoms with Crippen LogP contribution >= 0.6 is 0 Å². The van der Waals surface area contributed by atoms with Gasteiger partial charge in [-0.3, -0.25) is 14.5 Å².